The summed E-state index contributed by atoms with van der Waals surface area (Å²) in [4.78, 5) is 17.6. The summed E-state index contributed by atoms with van der Waals surface area (Å²) in [6.45, 7) is 8.71. The molecule has 1 aromatic carbocycles. The lowest BCUT2D eigenvalue weighted by Crippen LogP contribution is -2.32. The van der Waals surface area contributed by atoms with Crippen LogP contribution in [0.3, 0.4) is 0 Å². The van der Waals surface area contributed by atoms with Crippen molar-refractivity contribution in [3.8, 4) is 5.75 Å². The summed E-state index contributed by atoms with van der Waals surface area (Å²) in [6.07, 6.45) is 2.72. The van der Waals surface area contributed by atoms with Crippen molar-refractivity contribution in [1.82, 2.24) is 14.7 Å². The molecule has 0 aliphatic heterocycles. The van der Waals surface area contributed by atoms with E-state index in [1.54, 1.807) is 17.5 Å². The van der Waals surface area contributed by atoms with Crippen LogP contribution >= 0.6 is 0 Å². The Labute approximate surface area is 171 Å². The molecule has 1 amide bonds. The number of aliphatic hydroxyl groups is 1. The average molecular weight is 396 g/mol. The molecular weight excluding hydrogens is 366 g/mol. The number of benzene rings is 1. The molecule has 3 rings (SSSR count). The van der Waals surface area contributed by atoms with Crippen LogP contribution in [0.1, 0.15) is 55.0 Å². The first kappa shape index (κ1) is 20.9. The third-order valence-electron chi connectivity index (χ3n) is 4.80. The van der Waals surface area contributed by atoms with Crippen molar-refractivity contribution in [2.24, 2.45) is 5.41 Å². The van der Waals surface area contributed by atoms with E-state index in [1.807, 2.05) is 42.5 Å². The first-order valence-electron chi connectivity index (χ1n) is 9.87. The molecule has 2 aromatic heterocycles. The lowest BCUT2D eigenvalue weighted by atomic mass is 9.93. The molecule has 0 aliphatic carbocycles. The molecule has 0 spiro atoms. The fourth-order valence-corrected chi connectivity index (χ4v) is 3.16. The maximum absolute atomic E-state index is 13.0. The van der Waals surface area contributed by atoms with E-state index in [0.29, 0.717) is 29.4 Å². The van der Waals surface area contributed by atoms with Crippen molar-refractivity contribution >= 4 is 11.6 Å². The number of ether oxygens (including phenoxy) is 1. The van der Waals surface area contributed by atoms with Crippen molar-refractivity contribution in [3.05, 3.63) is 65.6 Å². The molecule has 3 aromatic rings. The summed E-state index contributed by atoms with van der Waals surface area (Å²) >= 11 is 0. The molecule has 0 bridgehead atoms. The van der Waals surface area contributed by atoms with Crippen LogP contribution in [0, 0.1) is 12.3 Å². The fourth-order valence-electron chi connectivity index (χ4n) is 3.16. The summed E-state index contributed by atoms with van der Waals surface area (Å²) in [5.41, 5.74) is 2.69. The number of hydrogen-bond donors (Lipinski definition) is 2. The van der Waals surface area contributed by atoms with Gasteiger partial charge < -0.3 is 15.2 Å². The number of aryl methyl sites for hydroxylation is 1. The highest BCUT2D eigenvalue weighted by Gasteiger charge is 2.22. The second-order valence-electron chi connectivity index (χ2n) is 8.39. The van der Waals surface area contributed by atoms with Crippen molar-refractivity contribution in [3.63, 3.8) is 0 Å². The van der Waals surface area contributed by atoms with Crippen LogP contribution < -0.4 is 10.1 Å². The molecule has 6 heteroatoms. The maximum Gasteiger partial charge on any atom is 0.270 e. The molecule has 1 atom stereocenters. The first-order valence-corrected chi connectivity index (χ1v) is 9.87. The maximum atomic E-state index is 13.0. The summed E-state index contributed by atoms with van der Waals surface area (Å²) in [5.74, 6) is 0.366. The van der Waals surface area contributed by atoms with E-state index in [1.165, 1.54) is 0 Å². The first-order chi connectivity index (χ1) is 13.8. The Hall–Kier alpha value is -2.86. The van der Waals surface area contributed by atoms with Gasteiger partial charge in [0.1, 0.15) is 5.69 Å². The van der Waals surface area contributed by atoms with Gasteiger partial charge in [0.05, 0.1) is 24.9 Å². The van der Waals surface area contributed by atoms with E-state index < -0.39 is 6.04 Å². The Morgan fingerprint density at radius 2 is 1.93 bits per heavy atom. The van der Waals surface area contributed by atoms with Crippen LogP contribution in [-0.4, -0.2) is 33.6 Å². The lowest BCUT2D eigenvalue weighted by molar-refractivity contribution is 0.0909. The number of imidazole rings is 1. The number of fused-ring (bicyclic) bond motifs is 1. The van der Waals surface area contributed by atoms with Crippen molar-refractivity contribution < 1.29 is 14.6 Å². The van der Waals surface area contributed by atoms with E-state index in [4.69, 9.17) is 4.74 Å². The van der Waals surface area contributed by atoms with Crippen LogP contribution in [0.25, 0.3) is 5.65 Å². The van der Waals surface area contributed by atoms with E-state index in [0.717, 1.165) is 12.0 Å². The lowest BCUT2D eigenvalue weighted by Gasteiger charge is -2.18. The summed E-state index contributed by atoms with van der Waals surface area (Å²) in [5, 5.41) is 12.7. The van der Waals surface area contributed by atoms with Crippen molar-refractivity contribution in [1.29, 1.82) is 0 Å². The van der Waals surface area contributed by atoms with E-state index in [9.17, 15) is 9.90 Å². The Kier molecular flexibility index (Phi) is 6.23. The Morgan fingerprint density at radius 3 is 2.59 bits per heavy atom. The topological polar surface area (TPSA) is 75.9 Å². The highest BCUT2D eigenvalue weighted by Crippen LogP contribution is 2.25. The third-order valence-corrected chi connectivity index (χ3v) is 4.80. The fraction of sp³-hybridized carbons (Fsp3) is 0.391. The molecule has 0 fully saturated rings. The Morgan fingerprint density at radius 1 is 1.21 bits per heavy atom. The highest BCUT2D eigenvalue weighted by molar-refractivity contribution is 5.95. The number of nitrogens with one attached hydrogen (secondary N) is 1. The molecule has 29 heavy (non-hydrogen) atoms. The molecule has 2 N–H and O–H groups in total. The number of hydrogen-bond acceptors (Lipinski definition) is 4. The molecule has 0 aliphatic rings. The number of aromatic nitrogens is 2. The van der Waals surface area contributed by atoms with Gasteiger partial charge in [-0.05, 0) is 36.5 Å². The number of aliphatic hydroxyl groups excluding tert-OH is 1. The van der Waals surface area contributed by atoms with Gasteiger partial charge in [-0.15, -0.1) is 0 Å². The minimum atomic E-state index is -0.486. The van der Waals surface area contributed by atoms with E-state index in [2.05, 4.69) is 31.1 Å². The Bertz CT molecular complexity index is 974. The molecular formula is C23H29N3O3. The summed E-state index contributed by atoms with van der Waals surface area (Å²) < 4.78 is 7.71. The van der Waals surface area contributed by atoms with Gasteiger partial charge in [-0.2, -0.15) is 0 Å². The number of nitrogens with zero attached hydrogens (tertiary/aromatic N) is 2. The SMILES string of the molecule is Cc1nc2c(OCCC(C)(C)C)cccn2c1C(=O)N[C@@H](CO)c1ccccc1. The minimum absolute atomic E-state index is 0.179. The number of rotatable bonds is 7. The molecule has 154 valence electrons. The zero-order valence-corrected chi connectivity index (χ0v) is 17.5. The molecule has 0 saturated carbocycles. The van der Waals surface area contributed by atoms with Gasteiger partial charge in [0.15, 0.2) is 11.4 Å². The molecule has 6 nitrogen and oxygen atoms in total. The zero-order valence-electron chi connectivity index (χ0n) is 17.5. The van der Waals surface area contributed by atoms with Gasteiger partial charge in [0.25, 0.3) is 5.91 Å². The number of carbonyl (C=O) groups is 1. The van der Waals surface area contributed by atoms with Crippen LogP contribution in [0.15, 0.2) is 48.7 Å². The smallest absolute Gasteiger partial charge is 0.270 e. The number of pyridine rings is 1. The van der Waals surface area contributed by atoms with Crippen LogP contribution in [-0.2, 0) is 0 Å². The van der Waals surface area contributed by atoms with Crippen molar-refractivity contribution in [2.75, 3.05) is 13.2 Å². The van der Waals surface area contributed by atoms with Gasteiger partial charge in [-0.1, -0.05) is 51.1 Å². The molecule has 0 unspecified atom stereocenters. The normalized spacial score (nSPS) is 12.7. The van der Waals surface area contributed by atoms with Gasteiger partial charge in [0, 0.05) is 6.20 Å². The van der Waals surface area contributed by atoms with Crippen LogP contribution in [0.5, 0.6) is 5.75 Å². The number of amides is 1. The second kappa shape index (κ2) is 8.66. The van der Waals surface area contributed by atoms with E-state index in [-0.39, 0.29) is 17.9 Å². The molecule has 0 radical (unpaired) electrons. The second-order valence-corrected chi connectivity index (χ2v) is 8.39. The molecule has 2 heterocycles. The van der Waals surface area contributed by atoms with Gasteiger partial charge in [-0.25, -0.2) is 4.98 Å². The summed E-state index contributed by atoms with van der Waals surface area (Å²) in [6, 6.07) is 12.6. The van der Waals surface area contributed by atoms with Gasteiger partial charge in [0.2, 0.25) is 0 Å². The quantitative estimate of drug-likeness (QED) is 0.636. The summed E-state index contributed by atoms with van der Waals surface area (Å²) in [7, 11) is 0. The monoisotopic (exact) mass is 395 g/mol. The molecule has 0 saturated heterocycles. The van der Waals surface area contributed by atoms with E-state index >= 15 is 0 Å². The predicted molar refractivity (Wildman–Crippen MR) is 113 cm³/mol. The number of carbonyl (C=O) groups excluding carboxylic acids is 1. The average Bonchev–Trinajstić information content (AvgIpc) is 3.02. The zero-order chi connectivity index (χ0) is 21.0. The van der Waals surface area contributed by atoms with Crippen LogP contribution in [0.4, 0.5) is 0 Å². The predicted octanol–water partition coefficient (Wildman–Crippen LogP) is 3.92. The van der Waals surface area contributed by atoms with Crippen molar-refractivity contribution in [2.45, 2.75) is 40.2 Å². The third kappa shape index (κ3) is 4.95. The minimum Gasteiger partial charge on any atom is -0.490 e. The van der Waals surface area contributed by atoms with Gasteiger partial charge in [-0.3, -0.25) is 9.20 Å². The standard InChI is InChI=1S/C23H29N3O3/c1-16-20(22(28)25-18(15-27)17-9-6-5-7-10-17)26-13-8-11-19(21(26)24-16)29-14-12-23(2,3)4/h5-11,13,18,27H,12,14-15H2,1-4H3,(H,25,28)/t18-/m0/s1. The largest absolute Gasteiger partial charge is 0.490 e. The highest BCUT2D eigenvalue weighted by atomic mass is 16.5. The Balaban J connectivity index is 1.85. The van der Waals surface area contributed by atoms with Crippen LogP contribution in [0.2, 0.25) is 0 Å². The van der Waals surface area contributed by atoms with Gasteiger partial charge >= 0.3 is 0 Å².